The van der Waals surface area contributed by atoms with Crippen LogP contribution >= 0.6 is 0 Å². The van der Waals surface area contributed by atoms with Gasteiger partial charge < -0.3 is 19.5 Å². The van der Waals surface area contributed by atoms with E-state index < -0.39 is 0 Å². The smallest absolute Gasteiger partial charge is 0.231 e. The quantitative estimate of drug-likeness (QED) is 0.900. The Morgan fingerprint density at radius 1 is 1.24 bits per heavy atom. The third kappa shape index (κ3) is 2.16. The van der Waals surface area contributed by atoms with Gasteiger partial charge in [-0.1, -0.05) is 12.5 Å². The number of rotatable bonds is 2. The number of amides is 1. The molecule has 1 N–H and O–H groups in total. The molecule has 5 nitrogen and oxygen atoms in total. The number of hydrogen-bond acceptors (Lipinski definition) is 4. The van der Waals surface area contributed by atoms with Crippen LogP contribution in [-0.4, -0.2) is 34.9 Å². The van der Waals surface area contributed by atoms with Crippen molar-refractivity contribution in [2.75, 3.05) is 6.79 Å². The average Bonchev–Trinajstić information content (AvgIpc) is 3.04. The van der Waals surface area contributed by atoms with Crippen molar-refractivity contribution in [3.8, 4) is 11.5 Å². The molecule has 1 saturated heterocycles. The molecular formula is C16H19NO4. The molecular weight excluding hydrogens is 270 g/mol. The molecule has 2 aliphatic heterocycles. The van der Waals surface area contributed by atoms with Gasteiger partial charge in [-0.25, -0.2) is 0 Å². The summed E-state index contributed by atoms with van der Waals surface area (Å²) in [6.45, 7) is 0.790. The highest BCUT2D eigenvalue weighted by Gasteiger charge is 2.45. The lowest BCUT2D eigenvalue weighted by Gasteiger charge is -2.35. The van der Waals surface area contributed by atoms with Crippen LogP contribution in [0.25, 0.3) is 0 Å². The summed E-state index contributed by atoms with van der Waals surface area (Å²) in [6, 6.07) is 5.76. The molecule has 1 unspecified atom stereocenters. The Kier molecular flexibility index (Phi) is 3.03. The van der Waals surface area contributed by atoms with Crippen LogP contribution in [0.1, 0.15) is 31.2 Å². The van der Waals surface area contributed by atoms with Crippen molar-refractivity contribution < 1.29 is 19.4 Å². The lowest BCUT2D eigenvalue weighted by atomic mass is 9.83. The summed E-state index contributed by atoms with van der Waals surface area (Å²) in [5.74, 6) is 1.96. The number of aliphatic hydroxyl groups is 1. The van der Waals surface area contributed by atoms with Gasteiger partial charge in [0.2, 0.25) is 12.7 Å². The van der Waals surface area contributed by atoms with Gasteiger partial charge in [0.15, 0.2) is 11.5 Å². The highest BCUT2D eigenvalue weighted by atomic mass is 16.7. The normalized spacial score (nSPS) is 30.6. The zero-order valence-corrected chi connectivity index (χ0v) is 11.8. The van der Waals surface area contributed by atoms with Crippen molar-refractivity contribution >= 4 is 5.91 Å². The number of hydrogen-bond donors (Lipinski definition) is 1. The minimum atomic E-state index is -0.385. The second-order valence-corrected chi connectivity index (χ2v) is 6.16. The van der Waals surface area contributed by atoms with E-state index in [4.69, 9.17) is 9.47 Å². The van der Waals surface area contributed by atoms with E-state index in [-0.39, 0.29) is 24.8 Å². The van der Waals surface area contributed by atoms with Crippen LogP contribution in [0.5, 0.6) is 11.5 Å². The molecule has 0 spiro atoms. The Balaban J connectivity index is 1.57. The number of carbonyl (C=O) groups excluding carboxylic acids is 1. The molecule has 0 radical (unpaired) electrons. The van der Waals surface area contributed by atoms with Crippen LogP contribution in [0.15, 0.2) is 18.2 Å². The maximum atomic E-state index is 12.3. The molecule has 4 rings (SSSR count). The Hall–Kier alpha value is -1.75. The summed E-state index contributed by atoms with van der Waals surface area (Å²) in [5, 5.41) is 10.3. The van der Waals surface area contributed by atoms with Gasteiger partial charge in [-0.2, -0.15) is 0 Å². The highest BCUT2D eigenvalue weighted by molar-refractivity contribution is 5.79. The first-order valence-corrected chi connectivity index (χ1v) is 7.58. The molecule has 1 saturated carbocycles. The third-order valence-electron chi connectivity index (χ3n) is 4.86. The fraction of sp³-hybridized carbons (Fsp3) is 0.562. The molecule has 3 aliphatic rings. The summed E-state index contributed by atoms with van der Waals surface area (Å²) in [5.41, 5.74) is 1.02. The minimum absolute atomic E-state index is 0.0170. The zero-order chi connectivity index (χ0) is 14.4. The number of ether oxygens (including phenoxy) is 2. The van der Waals surface area contributed by atoms with Crippen LogP contribution in [0, 0.1) is 5.92 Å². The van der Waals surface area contributed by atoms with Gasteiger partial charge in [0, 0.05) is 13.0 Å². The molecule has 1 aromatic carbocycles. The van der Waals surface area contributed by atoms with E-state index in [1.807, 2.05) is 23.1 Å². The molecule has 3 atom stereocenters. The molecule has 0 bridgehead atoms. The standard InChI is InChI=1S/C16H19NO4/c18-12-3-1-2-11-7-15(19)17(16(11)12)8-10-4-5-13-14(6-10)21-9-20-13/h4-6,11-12,16,18H,1-3,7-9H2/t11-,12?,16+/m0/s1. The van der Waals surface area contributed by atoms with Crippen molar-refractivity contribution in [1.29, 1.82) is 0 Å². The molecule has 0 aromatic heterocycles. The monoisotopic (exact) mass is 289 g/mol. The summed E-state index contributed by atoms with van der Waals surface area (Å²) >= 11 is 0. The van der Waals surface area contributed by atoms with Crippen LogP contribution in [0.3, 0.4) is 0 Å². The number of carbonyl (C=O) groups is 1. The van der Waals surface area contributed by atoms with E-state index in [1.165, 1.54) is 0 Å². The Morgan fingerprint density at radius 2 is 2.10 bits per heavy atom. The predicted molar refractivity (Wildman–Crippen MR) is 74.9 cm³/mol. The number of benzene rings is 1. The van der Waals surface area contributed by atoms with Crippen molar-refractivity contribution in [2.45, 2.75) is 44.4 Å². The van der Waals surface area contributed by atoms with Crippen LogP contribution in [0.2, 0.25) is 0 Å². The molecule has 1 aliphatic carbocycles. The summed E-state index contributed by atoms with van der Waals surface area (Å²) in [6.07, 6.45) is 3.06. The number of nitrogens with zero attached hydrogens (tertiary/aromatic N) is 1. The van der Waals surface area contributed by atoms with Gasteiger partial charge >= 0.3 is 0 Å². The fourth-order valence-corrected chi connectivity index (χ4v) is 3.87. The second kappa shape index (κ2) is 4.91. The summed E-state index contributed by atoms with van der Waals surface area (Å²) in [7, 11) is 0. The van der Waals surface area contributed by atoms with Gasteiger partial charge in [-0.3, -0.25) is 4.79 Å². The van der Waals surface area contributed by atoms with Gasteiger partial charge in [0.1, 0.15) is 0 Å². The van der Waals surface area contributed by atoms with Crippen LogP contribution in [-0.2, 0) is 11.3 Å². The SMILES string of the molecule is O=C1C[C@@H]2CCCC(O)[C@@H]2N1Cc1ccc2c(c1)OCO2. The van der Waals surface area contributed by atoms with Crippen molar-refractivity contribution in [1.82, 2.24) is 4.90 Å². The van der Waals surface area contributed by atoms with E-state index in [0.29, 0.717) is 18.9 Å². The lowest BCUT2D eigenvalue weighted by molar-refractivity contribution is -0.131. The number of likely N-dealkylation sites (tertiary alicyclic amines) is 1. The van der Waals surface area contributed by atoms with Crippen LogP contribution in [0.4, 0.5) is 0 Å². The third-order valence-corrected chi connectivity index (χ3v) is 4.86. The number of aliphatic hydroxyl groups excluding tert-OH is 1. The first kappa shape index (κ1) is 13.0. The van der Waals surface area contributed by atoms with E-state index in [9.17, 15) is 9.90 Å². The predicted octanol–water partition coefficient (Wildman–Crippen LogP) is 1.68. The molecule has 1 amide bonds. The fourth-order valence-electron chi connectivity index (χ4n) is 3.87. The van der Waals surface area contributed by atoms with Gasteiger partial charge in [0.25, 0.3) is 0 Å². The topological polar surface area (TPSA) is 59.0 Å². The van der Waals surface area contributed by atoms with Gasteiger partial charge in [-0.05, 0) is 36.5 Å². The first-order valence-electron chi connectivity index (χ1n) is 7.58. The highest BCUT2D eigenvalue weighted by Crippen LogP contribution is 2.39. The van der Waals surface area contributed by atoms with E-state index in [1.54, 1.807) is 0 Å². The maximum Gasteiger partial charge on any atom is 0.231 e. The largest absolute Gasteiger partial charge is 0.454 e. The molecule has 21 heavy (non-hydrogen) atoms. The molecule has 1 aromatic rings. The molecule has 2 fully saturated rings. The van der Waals surface area contributed by atoms with E-state index >= 15 is 0 Å². The minimum Gasteiger partial charge on any atom is -0.454 e. The van der Waals surface area contributed by atoms with Crippen molar-refractivity contribution in [3.63, 3.8) is 0 Å². The zero-order valence-electron chi connectivity index (χ0n) is 11.8. The molecule has 5 heteroatoms. The van der Waals surface area contributed by atoms with Gasteiger partial charge in [-0.15, -0.1) is 0 Å². The van der Waals surface area contributed by atoms with Crippen molar-refractivity contribution in [3.05, 3.63) is 23.8 Å². The van der Waals surface area contributed by atoms with Crippen LogP contribution < -0.4 is 9.47 Å². The summed E-state index contributed by atoms with van der Waals surface area (Å²) in [4.78, 5) is 14.1. The Bertz CT molecular complexity index is 573. The van der Waals surface area contributed by atoms with E-state index in [2.05, 4.69) is 0 Å². The lowest BCUT2D eigenvalue weighted by Crippen LogP contribution is -2.45. The maximum absolute atomic E-state index is 12.3. The average molecular weight is 289 g/mol. The van der Waals surface area contributed by atoms with E-state index in [0.717, 1.165) is 36.3 Å². The van der Waals surface area contributed by atoms with Crippen molar-refractivity contribution in [2.24, 2.45) is 5.92 Å². The molecule has 112 valence electrons. The Labute approximate surface area is 123 Å². The molecule has 2 heterocycles. The Morgan fingerprint density at radius 3 is 3.00 bits per heavy atom. The second-order valence-electron chi connectivity index (χ2n) is 6.16. The first-order chi connectivity index (χ1) is 10.2. The van der Waals surface area contributed by atoms with Gasteiger partial charge in [0.05, 0.1) is 12.1 Å². The summed E-state index contributed by atoms with van der Waals surface area (Å²) < 4.78 is 10.7. The number of fused-ring (bicyclic) bond motifs is 2.